The van der Waals surface area contributed by atoms with E-state index in [1.165, 1.54) is 0 Å². The van der Waals surface area contributed by atoms with Crippen molar-refractivity contribution in [2.24, 2.45) is 0 Å². The summed E-state index contributed by atoms with van der Waals surface area (Å²) < 4.78 is 53.9. The van der Waals surface area contributed by atoms with Gasteiger partial charge in [0.1, 0.15) is 36.8 Å². The van der Waals surface area contributed by atoms with Crippen LogP contribution in [0.5, 0.6) is 0 Å². The minimum atomic E-state index is -4.62. The van der Waals surface area contributed by atoms with Crippen LogP contribution < -0.4 is 0 Å². The van der Waals surface area contributed by atoms with Crippen LogP contribution in [-0.4, -0.2) is 96.0 Å². The lowest BCUT2D eigenvalue weighted by Gasteiger charge is -2.40. The van der Waals surface area contributed by atoms with E-state index < -0.39 is 71.2 Å². The van der Waals surface area contributed by atoms with Gasteiger partial charge in [0.25, 0.3) is 10.1 Å². The minimum absolute atomic E-state index is 0.0694. The van der Waals surface area contributed by atoms with Crippen molar-refractivity contribution in [2.75, 3.05) is 19.0 Å². The number of unbranched alkanes of at least 4 members (excludes halogenated alkanes) is 3. The highest BCUT2D eigenvalue weighted by Crippen LogP contribution is 2.23. The van der Waals surface area contributed by atoms with Gasteiger partial charge in [-0.3, -0.25) is 14.1 Å². The van der Waals surface area contributed by atoms with Crippen molar-refractivity contribution in [3.05, 3.63) is 109 Å². The monoisotopic (exact) mass is 860 g/mol. The Morgan fingerprint density at radius 3 is 1.47 bits per heavy atom. The summed E-state index contributed by atoms with van der Waals surface area (Å²) in [4.78, 5) is 25.3. The lowest BCUT2D eigenvalue weighted by Crippen LogP contribution is -2.60. The van der Waals surface area contributed by atoms with Gasteiger partial charge in [0, 0.05) is 12.8 Å². The summed E-state index contributed by atoms with van der Waals surface area (Å²) in [6.07, 6.45) is 40.0. The highest BCUT2D eigenvalue weighted by molar-refractivity contribution is 7.85. The summed E-state index contributed by atoms with van der Waals surface area (Å²) in [6, 6.07) is 0. The van der Waals surface area contributed by atoms with Crippen LogP contribution in [0, 0.1) is 0 Å². The number of aliphatic hydroxyl groups excluding tert-OH is 3. The predicted molar refractivity (Wildman–Crippen MR) is 237 cm³/mol. The number of hydrogen-bond donors (Lipinski definition) is 4. The Hall–Kier alpha value is -3.69. The molecule has 338 valence electrons. The molecule has 4 N–H and O–H groups in total. The average molecular weight is 861 g/mol. The Balaban J connectivity index is 2.56. The molecule has 0 bridgehead atoms. The van der Waals surface area contributed by atoms with E-state index in [0.717, 1.165) is 70.6 Å². The molecule has 1 aliphatic rings. The zero-order valence-electron chi connectivity index (χ0n) is 35.8. The number of allylic oxidation sites excluding steroid dienone is 18. The van der Waals surface area contributed by atoms with Crippen LogP contribution in [0.15, 0.2) is 109 Å². The van der Waals surface area contributed by atoms with Gasteiger partial charge in [0.15, 0.2) is 12.4 Å². The topological polar surface area (TPSA) is 186 Å². The van der Waals surface area contributed by atoms with Crippen LogP contribution >= 0.6 is 0 Å². The Kier molecular flexibility index (Phi) is 32.6. The largest absolute Gasteiger partial charge is 0.462 e. The standard InChI is InChI=1S/C47H72O12S/c1-3-5-7-9-11-13-15-17-19-20-22-24-26-28-30-32-34-36-43(49)58-40(38-57-47-46(52)45(51)44(50)41(59-47)39-60(53,54)55)37-56-42(48)35-33-31-29-27-25-23-21-18-16-14-12-10-8-6-4-2/h5-8,11-14,17-19,21-22,24-25,27-28,30,40-41,44-47,50-52H,3-4,9-10,15-16,20,23,26,29,31-39H2,1-2H3,(H,53,54,55)/b7-5+,8-6+,13-11+,14-12+,19-17+,21-18+,24-22+,27-25+,30-28+/t40-,41-,44-,45?,46?,47+/m1/s1. The predicted octanol–water partition coefficient (Wildman–Crippen LogP) is 8.44. The third-order valence-corrected chi connectivity index (χ3v) is 9.60. The van der Waals surface area contributed by atoms with Gasteiger partial charge in [-0.05, 0) is 89.9 Å². The lowest BCUT2D eigenvalue weighted by molar-refractivity contribution is -0.297. The van der Waals surface area contributed by atoms with Crippen molar-refractivity contribution in [2.45, 2.75) is 153 Å². The second-order valence-corrected chi connectivity index (χ2v) is 15.7. The molecule has 13 heteroatoms. The summed E-state index contributed by atoms with van der Waals surface area (Å²) >= 11 is 0. The van der Waals surface area contributed by atoms with Gasteiger partial charge in [-0.2, -0.15) is 8.42 Å². The first-order chi connectivity index (χ1) is 29.0. The van der Waals surface area contributed by atoms with E-state index in [9.17, 15) is 37.9 Å². The molecule has 1 heterocycles. The van der Waals surface area contributed by atoms with Gasteiger partial charge >= 0.3 is 11.9 Å². The van der Waals surface area contributed by atoms with Crippen LogP contribution in [-0.2, 0) is 38.7 Å². The summed E-state index contributed by atoms with van der Waals surface area (Å²) in [5, 5.41) is 30.8. The molecular formula is C47H72O12S. The fourth-order valence-electron chi connectivity index (χ4n) is 5.58. The SMILES string of the molecule is CC/C=C/C/C=C/C/C=C/C/C=C/C/C=C/CCCC(=O)O[C@H](COC(=O)CCCC/C=C/C/C=C/C/C=C/C/C=C/CC)CO[C@H]1O[C@H](CS(=O)(=O)O)[C@@H](O)C(O)C1O. The zero-order chi connectivity index (χ0) is 44.1. The van der Waals surface area contributed by atoms with Gasteiger partial charge in [0.05, 0.1) is 6.61 Å². The highest BCUT2D eigenvalue weighted by atomic mass is 32.2. The van der Waals surface area contributed by atoms with Gasteiger partial charge < -0.3 is 34.3 Å². The molecule has 0 radical (unpaired) electrons. The maximum atomic E-state index is 12.8. The molecule has 0 spiro atoms. The number of hydrogen-bond acceptors (Lipinski definition) is 11. The van der Waals surface area contributed by atoms with Crippen LogP contribution in [0.25, 0.3) is 0 Å². The Morgan fingerprint density at radius 2 is 1.00 bits per heavy atom. The number of aliphatic hydroxyl groups is 3. The van der Waals surface area contributed by atoms with Crippen molar-refractivity contribution >= 4 is 22.1 Å². The highest BCUT2D eigenvalue weighted by Gasteiger charge is 2.46. The second kappa shape index (κ2) is 36.0. The van der Waals surface area contributed by atoms with Gasteiger partial charge in [-0.1, -0.05) is 123 Å². The van der Waals surface area contributed by atoms with E-state index in [2.05, 4.69) is 111 Å². The molecule has 0 aromatic rings. The van der Waals surface area contributed by atoms with E-state index in [4.69, 9.17) is 18.9 Å². The van der Waals surface area contributed by atoms with Crippen LogP contribution in [0.3, 0.4) is 0 Å². The molecule has 1 fully saturated rings. The molecule has 0 aromatic heterocycles. The molecule has 2 unspecified atom stereocenters. The van der Waals surface area contributed by atoms with Gasteiger partial charge in [-0.25, -0.2) is 0 Å². The minimum Gasteiger partial charge on any atom is -0.462 e. The van der Waals surface area contributed by atoms with Crippen molar-refractivity contribution in [1.82, 2.24) is 0 Å². The van der Waals surface area contributed by atoms with E-state index in [0.29, 0.717) is 19.3 Å². The third kappa shape index (κ3) is 30.4. The molecule has 12 nitrogen and oxygen atoms in total. The van der Waals surface area contributed by atoms with Crippen LogP contribution in [0.2, 0.25) is 0 Å². The van der Waals surface area contributed by atoms with Crippen LogP contribution in [0.1, 0.15) is 117 Å². The molecule has 0 aromatic carbocycles. The van der Waals surface area contributed by atoms with Crippen molar-refractivity contribution in [3.63, 3.8) is 0 Å². The number of carbonyl (C=O) groups excluding carboxylic acids is 2. The van der Waals surface area contributed by atoms with E-state index in [-0.39, 0.29) is 19.4 Å². The molecular weight excluding hydrogens is 789 g/mol. The first-order valence-corrected chi connectivity index (χ1v) is 23.1. The van der Waals surface area contributed by atoms with Crippen molar-refractivity contribution in [3.8, 4) is 0 Å². The van der Waals surface area contributed by atoms with Crippen LogP contribution in [0.4, 0.5) is 0 Å². The third-order valence-electron chi connectivity index (χ3n) is 8.85. The molecule has 60 heavy (non-hydrogen) atoms. The Morgan fingerprint density at radius 1 is 0.567 bits per heavy atom. The summed E-state index contributed by atoms with van der Waals surface area (Å²) in [7, 11) is -4.62. The molecule has 0 aliphatic carbocycles. The molecule has 0 amide bonds. The fourth-order valence-corrected chi connectivity index (χ4v) is 6.27. The van der Waals surface area contributed by atoms with E-state index in [1.807, 2.05) is 12.2 Å². The normalized spacial score (nSPS) is 21.2. The van der Waals surface area contributed by atoms with Crippen molar-refractivity contribution in [1.29, 1.82) is 0 Å². The summed E-state index contributed by atoms with van der Waals surface area (Å²) in [5.41, 5.74) is 0. The maximum Gasteiger partial charge on any atom is 0.306 e. The fraction of sp³-hybridized carbons (Fsp3) is 0.574. The number of rotatable bonds is 33. The zero-order valence-corrected chi connectivity index (χ0v) is 36.6. The van der Waals surface area contributed by atoms with E-state index in [1.54, 1.807) is 0 Å². The molecule has 6 atom stereocenters. The average Bonchev–Trinajstić information content (AvgIpc) is 3.21. The first kappa shape index (κ1) is 54.3. The summed E-state index contributed by atoms with van der Waals surface area (Å²) in [6.45, 7) is 3.42. The lowest BCUT2D eigenvalue weighted by atomic mass is 10.00. The van der Waals surface area contributed by atoms with E-state index >= 15 is 0 Å². The Bertz CT molecular complexity index is 1520. The smallest absolute Gasteiger partial charge is 0.306 e. The summed E-state index contributed by atoms with van der Waals surface area (Å²) in [5.74, 6) is -2.14. The van der Waals surface area contributed by atoms with Gasteiger partial charge in [0.2, 0.25) is 0 Å². The number of ether oxygens (including phenoxy) is 4. The number of esters is 2. The maximum absolute atomic E-state index is 12.8. The Labute approximate surface area is 359 Å². The quantitative estimate of drug-likeness (QED) is 0.0214. The molecule has 1 rings (SSSR count). The second-order valence-electron chi connectivity index (χ2n) is 14.2. The molecule has 1 saturated heterocycles. The van der Waals surface area contributed by atoms with Crippen molar-refractivity contribution < 1.29 is 56.8 Å². The number of carbonyl (C=O) groups is 2. The molecule has 0 saturated carbocycles. The van der Waals surface area contributed by atoms with Gasteiger partial charge in [-0.15, -0.1) is 0 Å². The first-order valence-electron chi connectivity index (χ1n) is 21.4. The molecule has 1 aliphatic heterocycles.